The Labute approximate surface area is 116 Å². The summed E-state index contributed by atoms with van der Waals surface area (Å²) in [6.45, 7) is 5.52. The Kier molecular flexibility index (Phi) is 4.35. The van der Waals surface area contributed by atoms with Crippen molar-refractivity contribution in [2.24, 2.45) is 5.41 Å². The van der Waals surface area contributed by atoms with Gasteiger partial charge in [0.05, 0.1) is 14.2 Å². The first kappa shape index (κ1) is 14.2. The van der Waals surface area contributed by atoms with Gasteiger partial charge in [0.1, 0.15) is 0 Å². The van der Waals surface area contributed by atoms with Gasteiger partial charge < -0.3 is 14.8 Å². The highest BCUT2D eigenvalue weighted by molar-refractivity contribution is 5.46. The van der Waals surface area contributed by atoms with Gasteiger partial charge in [-0.15, -0.1) is 0 Å². The Bertz CT molecular complexity index is 429. The average molecular weight is 263 g/mol. The van der Waals surface area contributed by atoms with Crippen LogP contribution in [0.3, 0.4) is 0 Å². The van der Waals surface area contributed by atoms with Gasteiger partial charge in [-0.25, -0.2) is 0 Å². The van der Waals surface area contributed by atoms with E-state index in [-0.39, 0.29) is 0 Å². The summed E-state index contributed by atoms with van der Waals surface area (Å²) in [5.41, 5.74) is 1.55. The monoisotopic (exact) mass is 263 g/mol. The smallest absolute Gasteiger partial charge is 0.165 e. The summed E-state index contributed by atoms with van der Waals surface area (Å²) in [5, 5.41) is 3.68. The van der Waals surface area contributed by atoms with Crippen molar-refractivity contribution in [3.63, 3.8) is 0 Å². The quantitative estimate of drug-likeness (QED) is 0.883. The van der Waals surface area contributed by atoms with Crippen molar-refractivity contribution in [2.75, 3.05) is 14.2 Å². The summed E-state index contributed by atoms with van der Waals surface area (Å²) in [6, 6.07) is 6.62. The number of hydrogen-bond acceptors (Lipinski definition) is 3. The molecule has 1 aliphatic carbocycles. The molecule has 0 radical (unpaired) electrons. The van der Waals surface area contributed by atoms with Crippen molar-refractivity contribution in [1.82, 2.24) is 5.32 Å². The Morgan fingerprint density at radius 1 is 1.26 bits per heavy atom. The third-order valence-electron chi connectivity index (χ3n) is 4.28. The molecule has 1 aliphatic rings. The van der Waals surface area contributed by atoms with E-state index in [1.807, 2.05) is 12.1 Å². The summed E-state index contributed by atoms with van der Waals surface area (Å²) in [4.78, 5) is 0. The molecule has 1 aromatic carbocycles. The number of methoxy groups -OCH3 is 2. The SMILES string of the molecule is COc1cccc(CNC2CCCC2(C)C)c1OC. The minimum absolute atomic E-state index is 0.395. The lowest BCUT2D eigenvalue weighted by molar-refractivity contribution is 0.280. The normalized spacial score (nSPS) is 21.4. The summed E-state index contributed by atoms with van der Waals surface area (Å²) in [5.74, 6) is 1.64. The second-order valence-corrected chi connectivity index (χ2v) is 5.97. The predicted octanol–water partition coefficient (Wildman–Crippen LogP) is 3.37. The molecule has 1 fully saturated rings. The van der Waals surface area contributed by atoms with Crippen molar-refractivity contribution in [2.45, 2.75) is 45.7 Å². The van der Waals surface area contributed by atoms with Gasteiger partial charge in [0.15, 0.2) is 11.5 Å². The van der Waals surface area contributed by atoms with E-state index in [4.69, 9.17) is 9.47 Å². The number of rotatable bonds is 5. The van der Waals surface area contributed by atoms with Crippen molar-refractivity contribution < 1.29 is 9.47 Å². The molecule has 106 valence electrons. The molecule has 1 unspecified atom stereocenters. The van der Waals surface area contributed by atoms with Crippen molar-refractivity contribution >= 4 is 0 Å². The molecule has 19 heavy (non-hydrogen) atoms. The Morgan fingerprint density at radius 2 is 2.05 bits per heavy atom. The van der Waals surface area contributed by atoms with E-state index < -0.39 is 0 Å². The maximum atomic E-state index is 5.47. The molecule has 1 N–H and O–H groups in total. The van der Waals surface area contributed by atoms with E-state index in [0.717, 1.165) is 23.6 Å². The van der Waals surface area contributed by atoms with Crippen LogP contribution in [0.5, 0.6) is 11.5 Å². The zero-order chi connectivity index (χ0) is 13.9. The Hall–Kier alpha value is -1.22. The highest BCUT2D eigenvalue weighted by Crippen LogP contribution is 2.38. The predicted molar refractivity (Wildman–Crippen MR) is 77.8 cm³/mol. The van der Waals surface area contributed by atoms with Crippen LogP contribution in [-0.2, 0) is 6.54 Å². The van der Waals surface area contributed by atoms with Gasteiger partial charge in [-0.1, -0.05) is 32.4 Å². The largest absolute Gasteiger partial charge is 0.493 e. The highest BCUT2D eigenvalue weighted by atomic mass is 16.5. The van der Waals surface area contributed by atoms with E-state index in [0.29, 0.717) is 11.5 Å². The van der Waals surface area contributed by atoms with Gasteiger partial charge in [0, 0.05) is 18.2 Å². The molecular weight excluding hydrogens is 238 g/mol. The number of nitrogens with one attached hydrogen (secondary N) is 1. The van der Waals surface area contributed by atoms with Crippen molar-refractivity contribution in [3.05, 3.63) is 23.8 Å². The van der Waals surface area contributed by atoms with Crippen LogP contribution in [0.1, 0.15) is 38.7 Å². The first-order chi connectivity index (χ1) is 9.08. The van der Waals surface area contributed by atoms with E-state index in [9.17, 15) is 0 Å². The van der Waals surface area contributed by atoms with Crippen LogP contribution in [0.4, 0.5) is 0 Å². The molecule has 3 nitrogen and oxygen atoms in total. The van der Waals surface area contributed by atoms with Gasteiger partial charge in [0.2, 0.25) is 0 Å². The minimum atomic E-state index is 0.395. The fourth-order valence-corrected chi connectivity index (χ4v) is 3.03. The van der Waals surface area contributed by atoms with Crippen LogP contribution in [0.2, 0.25) is 0 Å². The molecule has 0 bridgehead atoms. The summed E-state index contributed by atoms with van der Waals surface area (Å²) in [7, 11) is 3.37. The molecule has 0 aromatic heterocycles. The number of para-hydroxylation sites is 1. The molecule has 0 spiro atoms. The molecular formula is C16H25NO2. The van der Waals surface area contributed by atoms with Crippen LogP contribution in [0.15, 0.2) is 18.2 Å². The first-order valence-corrected chi connectivity index (χ1v) is 7.02. The van der Waals surface area contributed by atoms with Crippen LogP contribution in [-0.4, -0.2) is 20.3 Å². The van der Waals surface area contributed by atoms with Gasteiger partial charge in [-0.3, -0.25) is 0 Å². The lowest BCUT2D eigenvalue weighted by Crippen LogP contribution is -2.37. The molecule has 1 atom stereocenters. The summed E-state index contributed by atoms with van der Waals surface area (Å²) >= 11 is 0. The molecule has 1 aromatic rings. The minimum Gasteiger partial charge on any atom is -0.493 e. The molecule has 2 rings (SSSR count). The number of ether oxygens (including phenoxy) is 2. The number of benzene rings is 1. The lowest BCUT2D eigenvalue weighted by Gasteiger charge is -2.28. The van der Waals surface area contributed by atoms with Gasteiger partial charge in [-0.05, 0) is 24.3 Å². The molecule has 0 aliphatic heterocycles. The topological polar surface area (TPSA) is 30.5 Å². The maximum absolute atomic E-state index is 5.47. The first-order valence-electron chi connectivity index (χ1n) is 7.02. The Morgan fingerprint density at radius 3 is 2.63 bits per heavy atom. The zero-order valence-corrected chi connectivity index (χ0v) is 12.5. The van der Waals surface area contributed by atoms with E-state index >= 15 is 0 Å². The van der Waals surface area contributed by atoms with Gasteiger partial charge in [-0.2, -0.15) is 0 Å². The highest BCUT2D eigenvalue weighted by Gasteiger charge is 2.33. The van der Waals surface area contributed by atoms with Gasteiger partial charge in [0.25, 0.3) is 0 Å². The van der Waals surface area contributed by atoms with Crippen LogP contribution in [0.25, 0.3) is 0 Å². The fraction of sp³-hybridized carbons (Fsp3) is 0.625. The molecule has 0 heterocycles. The number of hydrogen-bond donors (Lipinski definition) is 1. The molecule has 0 amide bonds. The lowest BCUT2D eigenvalue weighted by atomic mass is 9.87. The standard InChI is InChI=1S/C16H25NO2/c1-16(2)10-6-9-14(16)17-11-12-7-5-8-13(18-3)15(12)19-4/h5,7-8,14,17H,6,9-11H2,1-4H3. The van der Waals surface area contributed by atoms with Crippen LogP contribution in [0, 0.1) is 5.41 Å². The second kappa shape index (κ2) is 5.83. The van der Waals surface area contributed by atoms with E-state index in [1.54, 1.807) is 14.2 Å². The fourth-order valence-electron chi connectivity index (χ4n) is 3.03. The maximum Gasteiger partial charge on any atom is 0.165 e. The van der Waals surface area contributed by atoms with Crippen molar-refractivity contribution in [3.8, 4) is 11.5 Å². The van der Waals surface area contributed by atoms with Crippen molar-refractivity contribution in [1.29, 1.82) is 0 Å². The summed E-state index contributed by atoms with van der Waals surface area (Å²) in [6.07, 6.45) is 3.89. The zero-order valence-electron chi connectivity index (χ0n) is 12.5. The van der Waals surface area contributed by atoms with Crippen LogP contribution >= 0.6 is 0 Å². The average Bonchev–Trinajstić information content (AvgIpc) is 2.74. The Balaban J connectivity index is 2.07. The second-order valence-electron chi connectivity index (χ2n) is 5.97. The molecule has 3 heteroatoms. The summed E-state index contributed by atoms with van der Waals surface area (Å²) < 4.78 is 10.8. The third kappa shape index (κ3) is 3.03. The van der Waals surface area contributed by atoms with Gasteiger partial charge >= 0.3 is 0 Å². The van der Waals surface area contributed by atoms with E-state index in [2.05, 4.69) is 25.2 Å². The van der Waals surface area contributed by atoms with Crippen LogP contribution < -0.4 is 14.8 Å². The van der Waals surface area contributed by atoms with E-state index in [1.165, 1.54) is 19.3 Å². The molecule has 0 saturated heterocycles. The third-order valence-corrected chi connectivity index (χ3v) is 4.28. The molecule has 1 saturated carbocycles.